The molecular formula is C22H22Cl2N2O3. The molecule has 2 fully saturated rings. The number of nitrogens with zero attached hydrogens (tertiary/aromatic N) is 1. The maximum atomic E-state index is 13.3. The summed E-state index contributed by atoms with van der Waals surface area (Å²) < 4.78 is 11.9. The van der Waals surface area contributed by atoms with Crippen molar-refractivity contribution in [2.24, 2.45) is 11.8 Å². The quantitative estimate of drug-likeness (QED) is 0.664. The third-order valence-corrected chi connectivity index (χ3v) is 6.09. The van der Waals surface area contributed by atoms with Gasteiger partial charge < -0.3 is 19.4 Å². The number of hydrogen-bond acceptors (Lipinski definition) is 4. The van der Waals surface area contributed by atoms with Crippen molar-refractivity contribution in [3.63, 3.8) is 0 Å². The first-order valence-corrected chi connectivity index (χ1v) is 9.96. The molecular weight excluding hydrogens is 411 g/mol. The van der Waals surface area contributed by atoms with Crippen LogP contribution >= 0.6 is 24.0 Å². The molecule has 5 rings (SSSR count). The lowest BCUT2D eigenvalue weighted by Gasteiger charge is -2.17. The Morgan fingerprint density at radius 1 is 1.10 bits per heavy atom. The highest BCUT2D eigenvalue weighted by Gasteiger charge is 2.39. The zero-order chi connectivity index (χ0) is 19.1. The van der Waals surface area contributed by atoms with Crippen molar-refractivity contribution in [2.75, 3.05) is 26.2 Å². The van der Waals surface area contributed by atoms with E-state index in [9.17, 15) is 4.79 Å². The molecule has 1 aromatic heterocycles. The summed E-state index contributed by atoms with van der Waals surface area (Å²) in [5.41, 5.74) is 1.47. The number of hydrogen-bond donors (Lipinski definition) is 1. The summed E-state index contributed by atoms with van der Waals surface area (Å²) in [6, 6.07) is 15.0. The minimum Gasteiger partial charge on any atom is -0.487 e. The Balaban J connectivity index is 0.00000205. The first-order valence-electron chi connectivity index (χ1n) is 9.58. The summed E-state index contributed by atoms with van der Waals surface area (Å²) in [6.07, 6.45) is 0. The second-order valence-electron chi connectivity index (χ2n) is 7.51. The van der Waals surface area contributed by atoms with Crippen LogP contribution in [0.4, 0.5) is 0 Å². The molecule has 0 aliphatic carbocycles. The lowest BCUT2D eigenvalue weighted by atomic mass is 10.0. The van der Waals surface area contributed by atoms with E-state index in [1.54, 1.807) is 6.07 Å². The molecule has 0 saturated carbocycles. The number of nitrogens with one attached hydrogen (secondary N) is 1. The van der Waals surface area contributed by atoms with Crippen LogP contribution in [0, 0.1) is 11.8 Å². The normalized spacial score (nSPS) is 20.5. The summed E-state index contributed by atoms with van der Waals surface area (Å²) >= 11 is 6.21. The van der Waals surface area contributed by atoms with Gasteiger partial charge in [0.05, 0.1) is 5.02 Å². The standard InChI is InChI=1S/C22H21ClN2O3.ClH/c23-18-6-2-4-8-20(18)27-13-17-16-5-1-3-7-19(16)28-21(17)22(26)25-11-14-9-24-10-15(14)12-25;/h1-8,14-15,24H,9-13H2;1H/t14-,15+;. The van der Waals surface area contributed by atoms with Gasteiger partial charge in [0.15, 0.2) is 5.76 Å². The van der Waals surface area contributed by atoms with Crippen LogP contribution in [0.5, 0.6) is 5.75 Å². The molecule has 0 unspecified atom stereocenters. The first kappa shape index (κ1) is 20.1. The van der Waals surface area contributed by atoms with Gasteiger partial charge in [-0.05, 0) is 30.0 Å². The zero-order valence-electron chi connectivity index (χ0n) is 15.8. The molecule has 2 aromatic carbocycles. The number of halogens is 2. The van der Waals surface area contributed by atoms with E-state index in [1.165, 1.54) is 0 Å². The van der Waals surface area contributed by atoms with E-state index in [-0.39, 0.29) is 24.9 Å². The fourth-order valence-electron chi connectivity index (χ4n) is 4.29. The van der Waals surface area contributed by atoms with E-state index in [0.29, 0.717) is 34.0 Å². The fraction of sp³-hybridized carbons (Fsp3) is 0.318. The second-order valence-corrected chi connectivity index (χ2v) is 7.92. The van der Waals surface area contributed by atoms with Crippen LogP contribution < -0.4 is 10.1 Å². The smallest absolute Gasteiger partial charge is 0.290 e. The molecule has 0 radical (unpaired) electrons. The van der Waals surface area contributed by atoms with E-state index in [1.807, 2.05) is 47.4 Å². The summed E-state index contributed by atoms with van der Waals surface area (Å²) in [4.78, 5) is 15.2. The van der Waals surface area contributed by atoms with Gasteiger partial charge in [-0.2, -0.15) is 0 Å². The molecule has 1 N–H and O–H groups in total. The summed E-state index contributed by atoms with van der Waals surface area (Å²) in [5.74, 6) is 1.99. The number of carbonyl (C=O) groups excluding carboxylic acids is 1. The van der Waals surface area contributed by atoms with Gasteiger partial charge in [-0.1, -0.05) is 41.9 Å². The van der Waals surface area contributed by atoms with Crippen LogP contribution in [0.1, 0.15) is 16.1 Å². The van der Waals surface area contributed by atoms with E-state index in [2.05, 4.69) is 5.32 Å². The average molecular weight is 433 g/mol. The third kappa shape index (κ3) is 3.70. The molecule has 5 nitrogen and oxygen atoms in total. The monoisotopic (exact) mass is 432 g/mol. The summed E-state index contributed by atoms with van der Waals surface area (Å²) in [7, 11) is 0. The number of fused-ring (bicyclic) bond motifs is 2. The SMILES string of the molecule is Cl.O=C(c1oc2ccccc2c1COc1ccccc1Cl)N1C[C@H]2CNC[C@H]2C1. The van der Waals surface area contributed by atoms with Crippen molar-refractivity contribution in [1.29, 1.82) is 0 Å². The topological polar surface area (TPSA) is 54.7 Å². The second kappa shape index (κ2) is 8.27. The lowest BCUT2D eigenvalue weighted by molar-refractivity contribution is 0.0748. The van der Waals surface area contributed by atoms with Gasteiger partial charge in [-0.3, -0.25) is 4.79 Å². The Morgan fingerprint density at radius 2 is 1.79 bits per heavy atom. The van der Waals surface area contributed by atoms with Crippen LogP contribution in [-0.2, 0) is 6.61 Å². The fourth-order valence-corrected chi connectivity index (χ4v) is 4.48. The number of rotatable bonds is 4. The molecule has 29 heavy (non-hydrogen) atoms. The predicted octanol–water partition coefficient (Wildman–Crippen LogP) is 4.38. The van der Waals surface area contributed by atoms with Crippen molar-refractivity contribution in [1.82, 2.24) is 10.2 Å². The van der Waals surface area contributed by atoms with E-state index >= 15 is 0 Å². The molecule has 152 valence electrons. The van der Waals surface area contributed by atoms with Gasteiger partial charge in [0.25, 0.3) is 5.91 Å². The molecule has 3 heterocycles. The number of benzene rings is 2. The van der Waals surface area contributed by atoms with E-state index < -0.39 is 0 Å². The maximum Gasteiger partial charge on any atom is 0.290 e. The molecule has 2 aliphatic rings. The third-order valence-electron chi connectivity index (χ3n) is 5.78. The van der Waals surface area contributed by atoms with Crippen molar-refractivity contribution in [2.45, 2.75) is 6.61 Å². The van der Waals surface area contributed by atoms with Crippen LogP contribution in [-0.4, -0.2) is 37.0 Å². The van der Waals surface area contributed by atoms with Crippen molar-refractivity contribution >= 4 is 40.9 Å². The number of likely N-dealkylation sites (tertiary alicyclic amines) is 1. The zero-order valence-corrected chi connectivity index (χ0v) is 17.3. The molecule has 0 spiro atoms. The Kier molecular flexibility index (Phi) is 5.72. The lowest BCUT2D eigenvalue weighted by Crippen LogP contribution is -2.32. The highest BCUT2D eigenvalue weighted by molar-refractivity contribution is 6.32. The van der Waals surface area contributed by atoms with Gasteiger partial charge in [0.1, 0.15) is 17.9 Å². The Bertz CT molecular complexity index is 1020. The highest BCUT2D eigenvalue weighted by Crippen LogP contribution is 2.33. The first-order chi connectivity index (χ1) is 13.7. The molecule has 3 aromatic rings. The Labute approximate surface area is 180 Å². The molecule has 0 bridgehead atoms. The van der Waals surface area contributed by atoms with Crippen molar-refractivity contribution in [3.8, 4) is 5.75 Å². The van der Waals surface area contributed by atoms with Gasteiger partial charge in [-0.15, -0.1) is 12.4 Å². The molecule has 2 atom stereocenters. The summed E-state index contributed by atoms with van der Waals surface area (Å²) in [5, 5.41) is 4.85. The number of amides is 1. The van der Waals surface area contributed by atoms with E-state index in [0.717, 1.165) is 37.1 Å². The summed E-state index contributed by atoms with van der Waals surface area (Å²) in [6.45, 7) is 3.74. The highest BCUT2D eigenvalue weighted by atomic mass is 35.5. The number of furan rings is 1. The molecule has 1 amide bonds. The number of carbonyl (C=O) groups is 1. The van der Waals surface area contributed by atoms with Crippen molar-refractivity contribution in [3.05, 3.63) is 64.9 Å². The van der Waals surface area contributed by atoms with Crippen LogP contribution in [0.2, 0.25) is 5.02 Å². The van der Waals surface area contributed by atoms with Gasteiger partial charge in [0, 0.05) is 37.1 Å². The van der Waals surface area contributed by atoms with E-state index in [4.69, 9.17) is 20.8 Å². The minimum absolute atomic E-state index is 0. The Hall–Kier alpha value is -2.21. The molecule has 2 aliphatic heterocycles. The van der Waals surface area contributed by atoms with Gasteiger partial charge in [0.2, 0.25) is 0 Å². The predicted molar refractivity (Wildman–Crippen MR) is 115 cm³/mol. The van der Waals surface area contributed by atoms with Crippen LogP contribution in [0.3, 0.4) is 0 Å². The van der Waals surface area contributed by atoms with Crippen molar-refractivity contribution < 1.29 is 13.9 Å². The van der Waals surface area contributed by atoms with Gasteiger partial charge in [-0.25, -0.2) is 0 Å². The Morgan fingerprint density at radius 3 is 2.55 bits per heavy atom. The van der Waals surface area contributed by atoms with Gasteiger partial charge >= 0.3 is 0 Å². The van der Waals surface area contributed by atoms with Crippen LogP contribution in [0.15, 0.2) is 52.9 Å². The number of ether oxygens (including phenoxy) is 1. The number of para-hydroxylation sites is 2. The average Bonchev–Trinajstić information content (AvgIpc) is 3.40. The molecule has 2 saturated heterocycles. The minimum atomic E-state index is -0.0524. The maximum absolute atomic E-state index is 13.3. The van der Waals surface area contributed by atoms with Crippen LogP contribution in [0.25, 0.3) is 11.0 Å². The molecule has 7 heteroatoms. The largest absolute Gasteiger partial charge is 0.487 e.